The molecule has 214 valence electrons. The molecule has 0 aliphatic heterocycles. The van der Waals surface area contributed by atoms with E-state index in [2.05, 4.69) is 38.7 Å². The minimum absolute atomic E-state index is 0.0301. The fourth-order valence-corrected chi connectivity index (χ4v) is 9.22. The minimum Gasteiger partial charge on any atom is -0.460 e. The van der Waals surface area contributed by atoms with Crippen molar-refractivity contribution >= 4 is 29.0 Å². The van der Waals surface area contributed by atoms with Crippen LogP contribution in [0.2, 0.25) is 0 Å². The van der Waals surface area contributed by atoms with Gasteiger partial charge in [-0.3, -0.25) is 9.59 Å². The summed E-state index contributed by atoms with van der Waals surface area (Å²) in [7, 11) is 0. The Bertz CT molecular complexity index is 947. The summed E-state index contributed by atoms with van der Waals surface area (Å²) in [5.74, 6) is 1.06. The lowest BCUT2D eigenvalue weighted by Crippen LogP contribution is -2.59. The molecule has 0 aromatic rings. The highest BCUT2D eigenvalue weighted by Gasteiger charge is 2.67. The fraction of sp³-hybridized carbons (Fsp3) is 0.839. The van der Waals surface area contributed by atoms with Crippen LogP contribution in [-0.2, 0) is 19.1 Å². The number of rotatable bonds is 10. The zero-order chi connectivity index (χ0) is 27.7. The van der Waals surface area contributed by atoms with Crippen LogP contribution in [0, 0.1) is 28.6 Å². The number of aliphatic hydroxyl groups excluding tert-OH is 1. The monoisotopic (exact) mass is 547 g/mol. The van der Waals surface area contributed by atoms with Crippen LogP contribution in [0.4, 0.5) is 0 Å². The van der Waals surface area contributed by atoms with Crippen molar-refractivity contribution in [3.8, 4) is 0 Å². The van der Waals surface area contributed by atoms with E-state index in [-0.39, 0.29) is 35.5 Å². The molecule has 4 aliphatic rings. The highest BCUT2D eigenvalue weighted by atomic mass is 32.1. The molecular formula is C31H49NO5S. The molecule has 0 saturated heterocycles. The number of hydrogen-bond donors (Lipinski definition) is 1. The normalized spacial score (nSPS) is 38.0. The molecule has 0 spiro atoms. The fourth-order valence-electron chi connectivity index (χ4n) is 8.78. The number of fused-ring (bicyclic) bond motifs is 5. The first-order chi connectivity index (χ1) is 18.0. The third kappa shape index (κ3) is 5.12. The van der Waals surface area contributed by atoms with Gasteiger partial charge in [0.2, 0.25) is 0 Å². The molecule has 0 aromatic carbocycles. The predicted octanol–water partition coefficient (Wildman–Crippen LogP) is 5.65. The second kappa shape index (κ2) is 11.7. The van der Waals surface area contributed by atoms with Gasteiger partial charge in [0.15, 0.2) is 5.60 Å². The molecule has 4 aliphatic carbocycles. The van der Waals surface area contributed by atoms with Crippen molar-refractivity contribution in [3.05, 3.63) is 11.6 Å². The van der Waals surface area contributed by atoms with Gasteiger partial charge in [-0.15, -0.1) is 0 Å². The Labute approximate surface area is 234 Å². The molecule has 0 heterocycles. The van der Waals surface area contributed by atoms with E-state index in [0.717, 1.165) is 58.0 Å². The summed E-state index contributed by atoms with van der Waals surface area (Å²) in [5.41, 5.74) is 0.463. The first-order valence-electron chi connectivity index (χ1n) is 15.1. The van der Waals surface area contributed by atoms with Gasteiger partial charge in [-0.25, -0.2) is 0 Å². The van der Waals surface area contributed by atoms with Crippen LogP contribution in [0.5, 0.6) is 0 Å². The van der Waals surface area contributed by atoms with Gasteiger partial charge in [0.1, 0.15) is 6.61 Å². The average molecular weight is 548 g/mol. The maximum absolute atomic E-state index is 12.8. The third-order valence-electron chi connectivity index (χ3n) is 11.1. The summed E-state index contributed by atoms with van der Waals surface area (Å²) in [6.07, 6.45) is 10.2. The van der Waals surface area contributed by atoms with Crippen molar-refractivity contribution in [2.75, 3.05) is 26.2 Å². The predicted molar refractivity (Wildman–Crippen MR) is 153 cm³/mol. The van der Waals surface area contributed by atoms with Gasteiger partial charge in [-0.2, -0.15) is 0 Å². The molecule has 0 amide bonds. The highest BCUT2D eigenvalue weighted by Crippen LogP contribution is 2.68. The Hall–Kier alpha value is -1.31. The maximum Gasteiger partial charge on any atom is 0.307 e. The molecule has 3 saturated carbocycles. The van der Waals surface area contributed by atoms with Crippen molar-refractivity contribution in [2.45, 2.75) is 111 Å². The number of thiocarbonyl (C=S) groups is 1. The molecule has 0 aromatic heterocycles. The third-order valence-corrected chi connectivity index (χ3v) is 11.6. The van der Waals surface area contributed by atoms with Crippen molar-refractivity contribution in [2.24, 2.45) is 28.6 Å². The Kier molecular flexibility index (Phi) is 9.10. The number of carbonyl (C=O) groups is 2. The number of allylic oxidation sites excluding steroid dienone is 1. The first kappa shape index (κ1) is 29.7. The number of nitrogens with zero attached hydrogens (tertiary/aromatic N) is 1. The Morgan fingerprint density at radius 1 is 1.03 bits per heavy atom. The number of esters is 2. The number of aliphatic hydroxyl groups is 1. The summed E-state index contributed by atoms with van der Waals surface area (Å²) in [5, 5.41) is 10.3. The molecule has 4 rings (SSSR count). The van der Waals surface area contributed by atoms with E-state index < -0.39 is 5.60 Å². The van der Waals surface area contributed by atoms with Crippen LogP contribution in [0.15, 0.2) is 11.6 Å². The zero-order valence-corrected chi connectivity index (χ0v) is 25.0. The van der Waals surface area contributed by atoms with Gasteiger partial charge in [0, 0.05) is 18.4 Å². The van der Waals surface area contributed by atoms with E-state index in [1.165, 1.54) is 5.57 Å². The molecular weight excluding hydrogens is 498 g/mol. The second-order valence-electron chi connectivity index (χ2n) is 12.6. The molecule has 0 radical (unpaired) electrons. The molecule has 6 nitrogen and oxygen atoms in total. The van der Waals surface area contributed by atoms with Crippen LogP contribution < -0.4 is 0 Å². The Balaban J connectivity index is 1.53. The van der Waals surface area contributed by atoms with Gasteiger partial charge in [0.05, 0.1) is 17.4 Å². The largest absolute Gasteiger partial charge is 0.460 e. The zero-order valence-electron chi connectivity index (χ0n) is 24.2. The summed E-state index contributed by atoms with van der Waals surface area (Å²) < 4.78 is 12.0. The van der Waals surface area contributed by atoms with Crippen molar-refractivity contribution in [1.29, 1.82) is 0 Å². The van der Waals surface area contributed by atoms with E-state index in [1.54, 1.807) is 0 Å². The van der Waals surface area contributed by atoms with E-state index in [9.17, 15) is 14.7 Å². The van der Waals surface area contributed by atoms with Crippen LogP contribution in [0.1, 0.15) is 98.8 Å². The second-order valence-corrected chi connectivity index (χ2v) is 13.1. The van der Waals surface area contributed by atoms with Crippen LogP contribution in [-0.4, -0.2) is 64.8 Å². The number of hydrogen-bond acceptors (Lipinski definition) is 7. The SMILES string of the molecule is CCC(=O)O[C@]1(C(=S)COC(=O)CCN(CC)CC)CC[C@H]2[C@@H]3CCC4=CC(O)CC[C@]4(C)[C@H]3CC[C@@]21C. The number of ether oxygens (including phenoxy) is 2. The molecule has 7 heteroatoms. The molecule has 1 unspecified atom stereocenters. The topological polar surface area (TPSA) is 76.1 Å². The van der Waals surface area contributed by atoms with Gasteiger partial charge >= 0.3 is 11.9 Å². The molecule has 1 N–H and O–H groups in total. The first-order valence-corrected chi connectivity index (χ1v) is 15.5. The summed E-state index contributed by atoms with van der Waals surface area (Å²) in [4.78, 5) is 28.2. The van der Waals surface area contributed by atoms with E-state index in [0.29, 0.717) is 48.4 Å². The van der Waals surface area contributed by atoms with E-state index >= 15 is 0 Å². The lowest BCUT2D eigenvalue weighted by Gasteiger charge is -2.59. The standard InChI is InChI=1S/C31H49NO5S/c1-6-27(34)37-31(26(38)20-36-28(35)14-18-32(7-2)8-3)17-13-25-23-10-9-21-19-22(33)11-15-29(21,4)24(23)12-16-30(25,31)5/h19,22-25,33H,6-18,20H2,1-5H3/t22?,23-,24+,25+,29+,30+,31+/m1/s1. The molecule has 7 atom stereocenters. The van der Waals surface area contributed by atoms with Crippen molar-refractivity contribution in [3.63, 3.8) is 0 Å². The average Bonchev–Trinajstić information content (AvgIpc) is 3.21. The van der Waals surface area contributed by atoms with Gasteiger partial charge in [0.25, 0.3) is 0 Å². The lowest BCUT2D eigenvalue weighted by atomic mass is 9.46. The lowest BCUT2D eigenvalue weighted by molar-refractivity contribution is -0.169. The smallest absolute Gasteiger partial charge is 0.307 e. The van der Waals surface area contributed by atoms with Gasteiger partial charge < -0.3 is 19.5 Å². The Morgan fingerprint density at radius 2 is 1.74 bits per heavy atom. The van der Waals surface area contributed by atoms with E-state index in [4.69, 9.17) is 21.7 Å². The number of carbonyl (C=O) groups excluding carboxylic acids is 2. The van der Waals surface area contributed by atoms with Gasteiger partial charge in [-0.05, 0) is 87.6 Å². The van der Waals surface area contributed by atoms with Gasteiger partial charge in [-0.1, -0.05) is 58.5 Å². The Morgan fingerprint density at radius 3 is 2.42 bits per heavy atom. The van der Waals surface area contributed by atoms with E-state index in [1.807, 2.05) is 6.92 Å². The highest BCUT2D eigenvalue weighted by molar-refractivity contribution is 7.80. The maximum atomic E-state index is 12.8. The summed E-state index contributed by atoms with van der Waals surface area (Å²) in [6, 6.07) is 0. The quantitative estimate of drug-likeness (QED) is 0.215. The molecule has 0 bridgehead atoms. The minimum atomic E-state index is -0.871. The summed E-state index contributed by atoms with van der Waals surface area (Å²) in [6.45, 7) is 13.2. The van der Waals surface area contributed by atoms with Crippen LogP contribution in [0.25, 0.3) is 0 Å². The molecule has 3 fully saturated rings. The van der Waals surface area contributed by atoms with Crippen molar-refractivity contribution in [1.82, 2.24) is 4.90 Å². The van der Waals surface area contributed by atoms with Crippen molar-refractivity contribution < 1.29 is 24.2 Å². The van der Waals surface area contributed by atoms with Crippen LogP contribution >= 0.6 is 12.2 Å². The summed E-state index contributed by atoms with van der Waals surface area (Å²) >= 11 is 6.00. The van der Waals surface area contributed by atoms with Crippen LogP contribution in [0.3, 0.4) is 0 Å². The molecule has 38 heavy (non-hydrogen) atoms.